The maximum absolute atomic E-state index is 11.7. The minimum atomic E-state index is -0.895. The van der Waals surface area contributed by atoms with Gasteiger partial charge in [0.25, 0.3) is 0 Å². The molecule has 1 rings (SSSR count). The highest BCUT2D eigenvalue weighted by atomic mass is 16.4. The molecule has 1 unspecified atom stereocenters. The zero-order valence-corrected chi connectivity index (χ0v) is 9.56. The summed E-state index contributed by atoms with van der Waals surface area (Å²) in [7, 11) is 0. The minimum Gasteiger partial charge on any atom is -0.481 e. The third-order valence-electron chi connectivity index (χ3n) is 2.44. The quantitative estimate of drug-likeness (QED) is 0.727. The van der Waals surface area contributed by atoms with Gasteiger partial charge in [-0.2, -0.15) is 0 Å². The largest absolute Gasteiger partial charge is 0.481 e. The smallest absolute Gasteiger partial charge is 0.306 e. The molecule has 0 fully saturated rings. The van der Waals surface area contributed by atoms with E-state index < -0.39 is 11.9 Å². The minimum absolute atomic E-state index is 0.0635. The number of carbonyl (C=O) groups excluding carboxylic acids is 1. The van der Waals surface area contributed by atoms with Gasteiger partial charge >= 0.3 is 5.97 Å². The number of aliphatic carboxylic acids is 1. The lowest BCUT2D eigenvalue weighted by Gasteiger charge is -2.13. The highest BCUT2D eigenvalue weighted by molar-refractivity contribution is 5.96. The molecule has 0 bridgehead atoms. The average molecular weight is 223 g/mol. The Balaban J connectivity index is 2.62. The van der Waals surface area contributed by atoms with E-state index in [2.05, 4.69) is 4.98 Å². The summed E-state index contributed by atoms with van der Waals surface area (Å²) in [5, 5.41) is 9.01. The van der Waals surface area contributed by atoms with Gasteiger partial charge in [0.05, 0.1) is 11.6 Å². The van der Waals surface area contributed by atoms with Crippen molar-refractivity contribution in [3.05, 3.63) is 24.0 Å². The predicted molar refractivity (Wildman–Crippen MR) is 60.3 cm³/mol. The van der Waals surface area contributed by atoms with Crippen LogP contribution in [-0.4, -0.2) is 21.8 Å². The van der Waals surface area contributed by atoms with Gasteiger partial charge in [0, 0.05) is 12.6 Å². The highest BCUT2D eigenvalue weighted by Crippen LogP contribution is 2.18. The van der Waals surface area contributed by atoms with E-state index in [0.29, 0.717) is 12.1 Å². The van der Waals surface area contributed by atoms with Crippen LogP contribution >= 0.6 is 0 Å². The van der Waals surface area contributed by atoms with E-state index in [1.54, 1.807) is 18.3 Å². The van der Waals surface area contributed by atoms with Crippen molar-refractivity contribution < 1.29 is 14.7 Å². The number of carbonyl (C=O) groups is 2. The molecule has 4 heteroatoms. The predicted octanol–water partition coefficient (Wildman–Crippen LogP) is 2.33. The highest BCUT2D eigenvalue weighted by Gasteiger charge is 2.23. The van der Waals surface area contributed by atoms with Crippen LogP contribution in [0.2, 0.25) is 0 Å². The summed E-state index contributed by atoms with van der Waals surface area (Å²) < 4.78 is 0. The fourth-order valence-electron chi connectivity index (χ4n) is 1.68. The first kappa shape index (κ1) is 12.5. The maximum atomic E-state index is 11.7. The molecular weight excluding hydrogens is 206 g/mol. The summed E-state index contributed by atoms with van der Waals surface area (Å²) in [4.78, 5) is 25.5. The Morgan fingerprint density at radius 1 is 1.44 bits per heavy atom. The summed E-state index contributed by atoms with van der Waals surface area (Å²) in [5.41, 5.74) is 0.481. The molecule has 0 saturated carbocycles. The third kappa shape index (κ3) is 3.53. The second-order valence-corrected chi connectivity index (χ2v) is 4.38. The molecule has 1 aromatic heterocycles. The van der Waals surface area contributed by atoms with Crippen LogP contribution in [0.4, 0.5) is 0 Å². The molecule has 0 saturated heterocycles. The van der Waals surface area contributed by atoms with E-state index in [1.807, 2.05) is 13.8 Å². The van der Waals surface area contributed by atoms with Crippen molar-refractivity contribution in [2.75, 3.05) is 0 Å². The van der Waals surface area contributed by atoms with Gasteiger partial charge < -0.3 is 10.1 Å². The fourth-order valence-corrected chi connectivity index (χ4v) is 1.68. The molecule has 16 heavy (non-hydrogen) atoms. The second kappa shape index (κ2) is 5.49. The van der Waals surface area contributed by atoms with Crippen LogP contribution in [0.3, 0.4) is 0 Å². The van der Waals surface area contributed by atoms with E-state index in [-0.39, 0.29) is 18.1 Å². The molecule has 2 N–H and O–H groups in total. The zero-order chi connectivity index (χ0) is 12.1. The molecular formula is C12H17NO3. The zero-order valence-electron chi connectivity index (χ0n) is 9.56. The van der Waals surface area contributed by atoms with Crippen molar-refractivity contribution >= 4 is 11.8 Å². The number of hydrogen-bond acceptors (Lipinski definition) is 2. The number of rotatable bonds is 6. The Kier molecular flexibility index (Phi) is 4.28. The van der Waals surface area contributed by atoms with Crippen molar-refractivity contribution in [1.82, 2.24) is 4.98 Å². The number of ketones is 1. The fraction of sp³-hybridized carbons (Fsp3) is 0.500. The second-order valence-electron chi connectivity index (χ2n) is 4.38. The molecule has 0 aliphatic rings. The summed E-state index contributed by atoms with van der Waals surface area (Å²) in [6.07, 6.45) is 2.25. The first-order chi connectivity index (χ1) is 7.50. The summed E-state index contributed by atoms with van der Waals surface area (Å²) in [5.74, 6) is -1.35. The van der Waals surface area contributed by atoms with Crippen LogP contribution < -0.4 is 0 Å². The topological polar surface area (TPSA) is 70.2 Å². The number of hydrogen-bond donors (Lipinski definition) is 2. The molecule has 88 valence electrons. The molecule has 0 spiro atoms. The molecule has 1 atom stereocenters. The van der Waals surface area contributed by atoms with Crippen molar-refractivity contribution in [3.63, 3.8) is 0 Å². The molecule has 0 amide bonds. The first-order valence-electron chi connectivity index (χ1n) is 5.40. The van der Waals surface area contributed by atoms with Gasteiger partial charge in [0.2, 0.25) is 0 Å². The summed E-state index contributed by atoms with van der Waals surface area (Å²) >= 11 is 0. The van der Waals surface area contributed by atoms with E-state index in [0.717, 1.165) is 0 Å². The van der Waals surface area contributed by atoms with Gasteiger partial charge in [-0.1, -0.05) is 13.8 Å². The van der Waals surface area contributed by atoms with Gasteiger partial charge in [0.15, 0.2) is 5.78 Å². The Morgan fingerprint density at radius 2 is 2.12 bits per heavy atom. The van der Waals surface area contributed by atoms with Crippen molar-refractivity contribution in [2.45, 2.75) is 26.7 Å². The van der Waals surface area contributed by atoms with Crippen molar-refractivity contribution in [1.29, 1.82) is 0 Å². The lowest BCUT2D eigenvalue weighted by molar-refractivity contribution is -0.142. The van der Waals surface area contributed by atoms with Gasteiger partial charge in [-0.05, 0) is 24.5 Å². The Morgan fingerprint density at radius 3 is 2.56 bits per heavy atom. The number of nitrogens with one attached hydrogen (secondary N) is 1. The number of H-pyrrole nitrogens is 1. The standard InChI is InChI=1S/C12H17NO3/c1-8(2)6-9(12(15)16)7-11(14)10-4-3-5-13-10/h3-5,8-9,13H,6-7H2,1-2H3,(H,15,16). The van der Waals surface area contributed by atoms with Gasteiger partial charge in [-0.15, -0.1) is 0 Å². The van der Waals surface area contributed by atoms with E-state index in [1.165, 1.54) is 0 Å². The van der Waals surface area contributed by atoms with Gasteiger partial charge in [0.1, 0.15) is 0 Å². The number of carboxylic acid groups (broad SMARTS) is 1. The molecule has 1 heterocycles. The van der Waals surface area contributed by atoms with E-state index >= 15 is 0 Å². The summed E-state index contributed by atoms with van der Waals surface area (Å²) in [6.45, 7) is 3.91. The van der Waals surface area contributed by atoms with E-state index in [9.17, 15) is 9.59 Å². The van der Waals surface area contributed by atoms with Crippen LogP contribution in [0, 0.1) is 11.8 Å². The Hall–Kier alpha value is -1.58. The van der Waals surface area contributed by atoms with Gasteiger partial charge in [-0.25, -0.2) is 0 Å². The third-order valence-corrected chi connectivity index (χ3v) is 2.44. The van der Waals surface area contributed by atoms with Crippen molar-refractivity contribution in [2.24, 2.45) is 11.8 Å². The SMILES string of the molecule is CC(C)CC(CC(=O)c1ccc[nH]1)C(=O)O. The number of Topliss-reactive ketones (excluding diaryl/α,β-unsaturated/α-hetero) is 1. The molecule has 0 radical (unpaired) electrons. The van der Waals surface area contributed by atoms with Crippen molar-refractivity contribution in [3.8, 4) is 0 Å². The molecule has 0 aromatic carbocycles. The van der Waals surface area contributed by atoms with Crippen LogP contribution in [-0.2, 0) is 4.79 Å². The van der Waals surface area contributed by atoms with Crippen LogP contribution in [0.1, 0.15) is 37.2 Å². The van der Waals surface area contributed by atoms with Crippen LogP contribution in [0.25, 0.3) is 0 Å². The molecule has 0 aliphatic heterocycles. The number of aromatic amines is 1. The summed E-state index contributed by atoms with van der Waals surface area (Å²) in [6, 6.07) is 3.39. The normalized spacial score (nSPS) is 12.7. The number of aromatic nitrogens is 1. The van der Waals surface area contributed by atoms with Crippen LogP contribution in [0.15, 0.2) is 18.3 Å². The number of carboxylic acids is 1. The average Bonchev–Trinajstić information content (AvgIpc) is 2.68. The lowest BCUT2D eigenvalue weighted by Crippen LogP contribution is -2.20. The lowest BCUT2D eigenvalue weighted by atomic mass is 9.92. The monoisotopic (exact) mass is 223 g/mol. The molecule has 4 nitrogen and oxygen atoms in total. The van der Waals surface area contributed by atoms with Gasteiger partial charge in [-0.3, -0.25) is 9.59 Å². The van der Waals surface area contributed by atoms with Crippen LogP contribution in [0.5, 0.6) is 0 Å². The Labute approximate surface area is 94.7 Å². The molecule has 0 aliphatic carbocycles. The Bertz CT molecular complexity index is 354. The van der Waals surface area contributed by atoms with E-state index in [4.69, 9.17) is 5.11 Å². The maximum Gasteiger partial charge on any atom is 0.306 e. The molecule has 1 aromatic rings. The first-order valence-corrected chi connectivity index (χ1v) is 5.40.